The summed E-state index contributed by atoms with van der Waals surface area (Å²) < 4.78 is 5.34. The smallest absolute Gasteiger partial charge is 0.246 e. The molecular weight excluding hydrogens is 268 g/mol. The van der Waals surface area contributed by atoms with E-state index in [1.165, 1.54) is 0 Å². The molecule has 2 unspecified atom stereocenters. The van der Waals surface area contributed by atoms with Crippen LogP contribution in [0.1, 0.15) is 54.4 Å². The molecule has 21 heavy (non-hydrogen) atoms. The topological polar surface area (TPSA) is 58.6 Å². The van der Waals surface area contributed by atoms with Crippen LogP contribution in [-0.4, -0.2) is 48.1 Å². The highest BCUT2D eigenvalue weighted by atomic mass is 16.5. The summed E-state index contributed by atoms with van der Waals surface area (Å²) in [5.41, 5.74) is -1.05. The number of carbonyl (C=O) groups is 2. The highest BCUT2D eigenvalue weighted by Gasteiger charge is 2.50. The van der Waals surface area contributed by atoms with Crippen LogP contribution in [0.2, 0.25) is 0 Å². The summed E-state index contributed by atoms with van der Waals surface area (Å²) in [6, 6.07) is -0.461. The Bertz CT molecular complexity index is 389. The van der Waals surface area contributed by atoms with Crippen molar-refractivity contribution in [2.24, 2.45) is 5.41 Å². The van der Waals surface area contributed by atoms with Crippen LogP contribution < -0.4 is 5.32 Å². The van der Waals surface area contributed by atoms with Crippen molar-refractivity contribution in [1.29, 1.82) is 0 Å². The summed E-state index contributed by atoms with van der Waals surface area (Å²) in [5, 5.41) is 2.92. The average molecular weight is 298 g/mol. The third-order valence-electron chi connectivity index (χ3n) is 4.30. The van der Waals surface area contributed by atoms with Crippen LogP contribution in [0.25, 0.3) is 0 Å². The van der Waals surface area contributed by atoms with Gasteiger partial charge in [0.05, 0.1) is 0 Å². The SMILES string of the molecule is CCOCCCN1C(=O)C(C(C)(C)C)NC(=O)C1(C)CC. The second kappa shape index (κ2) is 6.77. The molecule has 5 heteroatoms. The van der Waals surface area contributed by atoms with Crippen molar-refractivity contribution in [3.63, 3.8) is 0 Å². The van der Waals surface area contributed by atoms with Gasteiger partial charge in [-0.15, -0.1) is 0 Å². The van der Waals surface area contributed by atoms with Crippen LogP contribution in [0, 0.1) is 5.41 Å². The van der Waals surface area contributed by atoms with Crippen LogP contribution in [-0.2, 0) is 14.3 Å². The molecule has 1 aliphatic heterocycles. The number of nitrogens with zero attached hydrogens (tertiary/aromatic N) is 1. The Morgan fingerprint density at radius 2 is 1.90 bits per heavy atom. The molecule has 1 fully saturated rings. The normalized spacial score (nSPS) is 27.0. The Hall–Kier alpha value is -1.10. The Morgan fingerprint density at radius 3 is 2.38 bits per heavy atom. The van der Waals surface area contributed by atoms with E-state index in [0.29, 0.717) is 26.2 Å². The first-order valence-electron chi connectivity index (χ1n) is 7.88. The second-order valence-electron chi connectivity index (χ2n) is 6.94. The van der Waals surface area contributed by atoms with Gasteiger partial charge in [-0.05, 0) is 32.1 Å². The third-order valence-corrected chi connectivity index (χ3v) is 4.30. The zero-order chi connectivity index (χ0) is 16.3. The van der Waals surface area contributed by atoms with Gasteiger partial charge in [-0.25, -0.2) is 0 Å². The first kappa shape index (κ1) is 18.0. The lowest BCUT2D eigenvalue weighted by molar-refractivity contribution is -0.160. The van der Waals surface area contributed by atoms with E-state index in [2.05, 4.69) is 5.32 Å². The number of piperazine rings is 1. The number of ether oxygens (including phenoxy) is 1. The molecule has 0 aromatic carbocycles. The van der Waals surface area contributed by atoms with Gasteiger partial charge in [0, 0.05) is 19.8 Å². The second-order valence-corrected chi connectivity index (χ2v) is 6.94. The third kappa shape index (κ3) is 3.76. The van der Waals surface area contributed by atoms with E-state index in [9.17, 15) is 9.59 Å². The lowest BCUT2D eigenvalue weighted by Gasteiger charge is -2.48. The van der Waals surface area contributed by atoms with Crippen LogP contribution >= 0.6 is 0 Å². The zero-order valence-corrected chi connectivity index (χ0v) is 14.3. The van der Waals surface area contributed by atoms with Crippen molar-refractivity contribution in [3.05, 3.63) is 0 Å². The van der Waals surface area contributed by atoms with Gasteiger partial charge in [0.25, 0.3) is 0 Å². The molecule has 122 valence electrons. The van der Waals surface area contributed by atoms with Crippen LogP contribution in [0.3, 0.4) is 0 Å². The van der Waals surface area contributed by atoms with E-state index in [1.54, 1.807) is 4.90 Å². The molecule has 0 radical (unpaired) electrons. The average Bonchev–Trinajstić information content (AvgIpc) is 2.40. The van der Waals surface area contributed by atoms with E-state index in [4.69, 9.17) is 4.74 Å². The minimum atomic E-state index is -0.759. The lowest BCUT2D eigenvalue weighted by atomic mass is 9.80. The fourth-order valence-corrected chi connectivity index (χ4v) is 2.63. The van der Waals surface area contributed by atoms with Gasteiger partial charge in [0.15, 0.2) is 0 Å². The fraction of sp³-hybridized carbons (Fsp3) is 0.875. The molecule has 2 atom stereocenters. The quantitative estimate of drug-likeness (QED) is 0.763. The minimum absolute atomic E-state index is 0.0166. The summed E-state index contributed by atoms with van der Waals surface area (Å²) in [6.07, 6.45) is 1.36. The summed E-state index contributed by atoms with van der Waals surface area (Å²) >= 11 is 0. The molecule has 5 nitrogen and oxygen atoms in total. The van der Waals surface area contributed by atoms with E-state index in [1.807, 2.05) is 41.5 Å². The maximum absolute atomic E-state index is 12.8. The molecule has 1 aliphatic rings. The van der Waals surface area contributed by atoms with Crippen molar-refractivity contribution in [2.75, 3.05) is 19.8 Å². The number of hydrogen-bond acceptors (Lipinski definition) is 3. The van der Waals surface area contributed by atoms with E-state index < -0.39 is 11.6 Å². The molecule has 1 saturated heterocycles. The number of hydrogen-bond donors (Lipinski definition) is 1. The predicted molar refractivity (Wildman–Crippen MR) is 82.9 cm³/mol. The highest BCUT2D eigenvalue weighted by molar-refractivity contribution is 5.99. The zero-order valence-electron chi connectivity index (χ0n) is 14.3. The molecule has 0 spiro atoms. The van der Waals surface area contributed by atoms with Crippen LogP contribution in [0.4, 0.5) is 0 Å². The molecule has 1 N–H and O–H groups in total. The first-order chi connectivity index (χ1) is 9.68. The Balaban J connectivity index is 2.94. The number of carbonyl (C=O) groups excluding carboxylic acids is 2. The van der Waals surface area contributed by atoms with Gasteiger partial charge in [0.2, 0.25) is 11.8 Å². The van der Waals surface area contributed by atoms with Gasteiger partial charge in [-0.1, -0.05) is 27.7 Å². The van der Waals surface area contributed by atoms with E-state index >= 15 is 0 Å². The Kier molecular flexibility index (Phi) is 5.79. The maximum Gasteiger partial charge on any atom is 0.246 e. The Labute approximate surface area is 128 Å². The minimum Gasteiger partial charge on any atom is -0.382 e. The van der Waals surface area contributed by atoms with Gasteiger partial charge in [-0.3, -0.25) is 9.59 Å². The molecule has 0 aromatic rings. The van der Waals surface area contributed by atoms with Crippen molar-refractivity contribution in [3.8, 4) is 0 Å². The summed E-state index contributed by atoms with van der Waals surface area (Å²) in [6.45, 7) is 13.5. The lowest BCUT2D eigenvalue weighted by Crippen LogP contribution is -2.71. The van der Waals surface area contributed by atoms with Gasteiger partial charge in [0.1, 0.15) is 11.6 Å². The molecule has 0 bridgehead atoms. The summed E-state index contributed by atoms with van der Waals surface area (Å²) in [7, 11) is 0. The molecule has 2 amide bonds. The standard InChI is InChI=1S/C16H30N2O3/c1-7-16(6)14(20)17-12(15(3,4)5)13(19)18(16)10-9-11-21-8-2/h12H,7-11H2,1-6H3,(H,17,20). The van der Waals surface area contributed by atoms with Gasteiger partial charge < -0.3 is 15.0 Å². The van der Waals surface area contributed by atoms with Crippen LogP contribution in [0.15, 0.2) is 0 Å². The van der Waals surface area contributed by atoms with Crippen molar-refractivity contribution < 1.29 is 14.3 Å². The number of amides is 2. The Morgan fingerprint density at radius 1 is 1.29 bits per heavy atom. The van der Waals surface area contributed by atoms with Crippen molar-refractivity contribution in [1.82, 2.24) is 10.2 Å². The number of nitrogens with one attached hydrogen (secondary N) is 1. The van der Waals surface area contributed by atoms with E-state index in [0.717, 1.165) is 6.42 Å². The molecule has 1 rings (SSSR count). The maximum atomic E-state index is 12.8. The van der Waals surface area contributed by atoms with Gasteiger partial charge >= 0.3 is 0 Å². The highest BCUT2D eigenvalue weighted by Crippen LogP contribution is 2.31. The largest absolute Gasteiger partial charge is 0.382 e. The van der Waals surface area contributed by atoms with Crippen molar-refractivity contribution >= 4 is 11.8 Å². The number of rotatable bonds is 6. The monoisotopic (exact) mass is 298 g/mol. The molecular formula is C16H30N2O3. The molecule has 0 aliphatic carbocycles. The molecule has 0 aromatic heterocycles. The van der Waals surface area contributed by atoms with Gasteiger partial charge in [-0.2, -0.15) is 0 Å². The van der Waals surface area contributed by atoms with Crippen LogP contribution in [0.5, 0.6) is 0 Å². The first-order valence-corrected chi connectivity index (χ1v) is 7.88. The molecule has 0 saturated carbocycles. The summed E-state index contributed by atoms with van der Waals surface area (Å²) in [4.78, 5) is 27.1. The van der Waals surface area contributed by atoms with E-state index in [-0.39, 0.29) is 17.2 Å². The fourth-order valence-electron chi connectivity index (χ4n) is 2.63. The predicted octanol–water partition coefficient (Wildman–Crippen LogP) is 1.95. The summed E-state index contributed by atoms with van der Waals surface area (Å²) in [5.74, 6) is -0.0381. The molecule has 1 heterocycles. The van der Waals surface area contributed by atoms with Crippen molar-refractivity contribution in [2.45, 2.75) is 66.0 Å².